The maximum absolute atomic E-state index is 11.7. The highest BCUT2D eigenvalue weighted by molar-refractivity contribution is 5.75. The first-order valence-corrected chi connectivity index (χ1v) is 6.15. The smallest absolute Gasteiger partial charge is 0.222 e. The summed E-state index contributed by atoms with van der Waals surface area (Å²) in [6.45, 7) is 0.589. The van der Waals surface area contributed by atoms with Crippen LogP contribution in [-0.4, -0.2) is 46.8 Å². The van der Waals surface area contributed by atoms with Gasteiger partial charge >= 0.3 is 0 Å². The van der Waals surface area contributed by atoms with E-state index < -0.39 is 5.60 Å². The Hall–Kier alpha value is -0.610. The fourth-order valence-electron chi connectivity index (χ4n) is 2.30. The number of rotatable bonds is 6. The summed E-state index contributed by atoms with van der Waals surface area (Å²) in [5, 5.41) is 18.8. The van der Waals surface area contributed by atoms with Crippen LogP contribution in [0.3, 0.4) is 0 Å². The molecule has 1 amide bonds. The average Bonchev–Trinajstić information content (AvgIpc) is 2.65. The number of amides is 1. The van der Waals surface area contributed by atoms with Crippen molar-refractivity contribution < 1.29 is 15.0 Å². The number of aliphatic hydroxyl groups is 2. The topological polar surface area (TPSA) is 60.8 Å². The molecule has 0 heterocycles. The quantitative estimate of drug-likeness (QED) is 0.666. The number of carbonyl (C=O) groups excluding carboxylic acids is 1. The first-order valence-electron chi connectivity index (χ1n) is 6.15. The molecule has 0 atom stereocenters. The summed E-state index contributed by atoms with van der Waals surface area (Å²) in [5.74, 6) is 0.0637. The van der Waals surface area contributed by atoms with Crippen LogP contribution in [0.4, 0.5) is 0 Å². The first-order chi connectivity index (χ1) is 7.57. The minimum atomic E-state index is -0.651. The molecule has 0 aliphatic heterocycles. The normalized spacial score (nSPS) is 18.7. The fourth-order valence-corrected chi connectivity index (χ4v) is 2.30. The molecule has 1 saturated carbocycles. The number of carbonyl (C=O) groups is 1. The second-order valence-electron chi connectivity index (χ2n) is 4.86. The van der Waals surface area contributed by atoms with E-state index in [1.54, 1.807) is 11.9 Å². The van der Waals surface area contributed by atoms with E-state index in [1.807, 2.05) is 0 Å². The fraction of sp³-hybridized carbons (Fsp3) is 0.917. The highest BCUT2D eigenvalue weighted by Crippen LogP contribution is 2.30. The van der Waals surface area contributed by atoms with Crippen molar-refractivity contribution in [2.24, 2.45) is 0 Å². The third kappa shape index (κ3) is 4.10. The molecule has 0 spiro atoms. The Bertz CT molecular complexity index is 224. The molecule has 0 saturated heterocycles. The average molecular weight is 229 g/mol. The molecule has 4 heteroatoms. The molecule has 0 aromatic carbocycles. The van der Waals surface area contributed by atoms with Gasteiger partial charge in [0.25, 0.3) is 0 Å². The number of unbranched alkanes of at least 4 members (excludes halogenated alkanes) is 1. The summed E-state index contributed by atoms with van der Waals surface area (Å²) in [6.07, 6.45) is 5.59. The number of hydrogen-bond donors (Lipinski definition) is 2. The minimum Gasteiger partial charge on any atom is -0.396 e. The highest BCUT2D eigenvalue weighted by atomic mass is 16.3. The van der Waals surface area contributed by atoms with Crippen molar-refractivity contribution in [1.29, 1.82) is 0 Å². The van der Waals surface area contributed by atoms with E-state index in [4.69, 9.17) is 5.11 Å². The minimum absolute atomic E-state index is 0.0637. The lowest BCUT2D eigenvalue weighted by atomic mass is 10.0. The summed E-state index contributed by atoms with van der Waals surface area (Å²) in [5.41, 5.74) is -0.651. The molecule has 2 N–H and O–H groups in total. The molecule has 1 fully saturated rings. The molecule has 0 radical (unpaired) electrons. The molecule has 4 nitrogen and oxygen atoms in total. The van der Waals surface area contributed by atoms with Crippen molar-refractivity contribution in [3.8, 4) is 0 Å². The van der Waals surface area contributed by atoms with Crippen molar-refractivity contribution in [2.45, 2.75) is 50.5 Å². The molecule has 16 heavy (non-hydrogen) atoms. The van der Waals surface area contributed by atoms with Crippen molar-refractivity contribution in [2.75, 3.05) is 20.2 Å². The molecule has 0 aromatic heterocycles. The van der Waals surface area contributed by atoms with Gasteiger partial charge in [0.15, 0.2) is 0 Å². The number of hydrogen-bond acceptors (Lipinski definition) is 3. The number of likely N-dealkylation sites (N-methyl/N-ethyl adjacent to an activating group) is 1. The summed E-state index contributed by atoms with van der Waals surface area (Å²) in [6, 6.07) is 0. The van der Waals surface area contributed by atoms with Crippen LogP contribution in [0.2, 0.25) is 0 Å². The van der Waals surface area contributed by atoms with Gasteiger partial charge < -0.3 is 15.1 Å². The maximum Gasteiger partial charge on any atom is 0.222 e. The lowest BCUT2D eigenvalue weighted by Crippen LogP contribution is -2.41. The van der Waals surface area contributed by atoms with Crippen molar-refractivity contribution in [1.82, 2.24) is 4.90 Å². The first kappa shape index (κ1) is 13.5. The lowest BCUT2D eigenvalue weighted by molar-refractivity contribution is -0.133. The van der Waals surface area contributed by atoms with E-state index in [0.29, 0.717) is 19.4 Å². The van der Waals surface area contributed by atoms with Crippen molar-refractivity contribution in [3.05, 3.63) is 0 Å². The molecule has 1 aliphatic rings. The van der Waals surface area contributed by atoms with Crippen LogP contribution in [0.5, 0.6) is 0 Å². The van der Waals surface area contributed by atoms with E-state index >= 15 is 0 Å². The van der Waals surface area contributed by atoms with Crippen LogP contribution in [0.1, 0.15) is 44.9 Å². The summed E-state index contributed by atoms with van der Waals surface area (Å²) in [7, 11) is 1.75. The van der Waals surface area contributed by atoms with Gasteiger partial charge in [0.05, 0.1) is 5.60 Å². The zero-order chi connectivity index (χ0) is 12.0. The highest BCUT2D eigenvalue weighted by Gasteiger charge is 2.33. The Morgan fingerprint density at radius 3 is 2.50 bits per heavy atom. The molecule has 1 aliphatic carbocycles. The molecule has 0 bridgehead atoms. The Morgan fingerprint density at radius 2 is 1.94 bits per heavy atom. The van der Waals surface area contributed by atoms with Crippen LogP contribution >= 0.6 is 0 Å². The SMILES string of the molecule is CN(CC1(O)CCCC1)C(=O)CCCCO. The van der Waals surface area contributed by atoms with Gasteiger partial charge in [-0.15, -0.1) is 0 Å². The third-order valence-electron chi connectivity index (χ3n) is 3.29. The lowest BCUT2D eigenvalue weighted by Gasteiger charge is -2.28. The number of aliphatic hydroxyl groups excluding tert-OH is 1. The Balaban J connectivity index is 2.27. The summed E-state index contributed by atoms with van der Waals surface area (Å²) < 4.78 is 0. The van der Waals surface area contributed by atoms with Crippen LogP contribution < -0.4 is 0 Å². The zero-order valence-electron chi connectivity index (χ0n) is 10.1. The van der Waals surface area contributed by atoms with E-state index in [9.17, 15) is 9.90 Å². The Kier molecular flexibility index (Phi) is 5.22. The predicted octanol–water partition coefficient (Wildman–Crippen LogP) is 0.912. The zero-order valence-corrected chi connectivity index (χ0v) is 10.1. The van der Waals surface area contributed by atoms with E-state index in [0.717, 1.165) is 32.1 Å². The van der Waals surface area contributed by atoms with Gasteiger partial charge in [-0.3, -0.25) is 4.79 Å². The van der Waals surface area contributed by atoms with Gasteiger partial charge in [-0.25, -0.2) is 0 Å². The third-order valence-corrected chi connectivity index (χ3v) is 3.29. The predicted molar refractivity (Wildman–Crippen MR) is 62.0 cm³/mol. The van der Waals surface area contributed by atoms with Gasteiger partial charge in [0, 0.05) is 26.6 Å². The number of nitrogens with zero attached hydrogens (tertiary/aromatic N) is 1. The van der Waals surface area contributed by atoms with E-state index in [-0.39, 0.29) is 12.5 Å². The molecule has 0 unspecified atom stereocenters. The Labute approximate surface area is 97.3 Å². The van der Waals surface area contributed by atoms with Gasteiger partial charge in [-0.05, 0) is 25.7 Å². The standard InChI is InChI=1S/C12H23NO3/c1-13(11(15)6-2-5-9-14)10-12(16)7-3-4-8-12/h14,16H,2-10H2,1H3. The molecule has 1 rings (SSSR count). The molecular formula is C12H23NO3. The summed E-state index contributed by atoms with van der Waals surface area (Å²) in [4.78, 5) is 13.3. The van der Waals surface area contributed by atoms with Gasteiger partial charge in [0.1, 0.15) is 0 Å². The van der Waals surface area contributed by atoms with Gasteiger partial charge in [-0.1, -0.05) is 12.8 Å². The second kappa shape index (κ2) is 6.21. The second-order valence-corrected chi connectivity index (χ2v) is 4.86. The van der Waals surface area contributed by atoms with E-state index in [2.05, 4.69) is 0 Å². The monoisotopic (exact) mass is 229 g/mol. The summed E-state index contributed by atoms with van der Waals surface area (Å²) >= 11 is 0. The van der Waals surface area contributed by atoms with Crippen molar-refractivity contribution in [3.63, 3.8) is 0 Å². The van der Waals surface area contributed by atoms with Gasteiger partial charge in [0.2, 0.25) is 5.91 Å². The van der Waals surface area contributed by atoms with Crippen LogP contribution in [0, 0.1) is 0 Å². The van der Waals surface area contributed by atoms with Crippen LogP contribution in [-0.2, 0) is 4.79 Å². The Morgan fingerprint density at radius 1 is 1.31 bits per heavy atom. The molecular weight excluding hydrogens is 206 g/mol. The maximum atomic E-state index is 11.7. The largest absolute Gasteiger partial charge is 0.396 e. The van der Waals surface area contributed by atoms with Crippen molar-refractivity contribution >= 4 is 5.91 Å². The van der Waals surface area contributed by atoms with Gasteiger partial charge in [-0.2, -0.15) is 0 Å². The van der Waals surface area contributed by atoms with Crippen LogP contribution in [0.25, 0.3) is 0 Å². The molecule has 0 aromatic rings. The van der Waals surface area contributed by atoms with Crippen LogP contribution in [0.15, 0.2) is 0 Å². The van der Waals surface area contributed by atoms with E-state index in [1.165, 1.54) is 0 Å². The molecule has 94 valence electrons.